The van der Waals surface area contributed by atoms with Gasteiger partial charge in [-0.05, 0) is 36.2 Å². The fourth-order valence-corrected chi connectivity index (χ4v) is 2.69. The fourth-order valence-electron chi connectivity index (χ4n) is 2.69. The number of hydrogen-bond donors (Lipinski definition) is 1. The van der Waals surface area contributed by atoms with E-state index in [4.69, 9.17) is 0 Å². The van der Waals surface area contributed by atoms with Crippen molar-refractivity contribution in [2.24, 2.45) is 7.05 Å². The van der Waals surface area contributed by atoms with Crippen LogP contribution in [-0.4, -0.2) is 15.5 Å². The third kappa shape index (κ3) is 3.20. The van der Waals surface area contributed by atoms with Crippen LogP contribution in [0.4, 0.5) is 4.39 Å². The molecule has 1 aromatic heterocycles. The molecule has 0 saturated heterocycles. The maximum atomic E-state index is 13.4. The average molecular weight is 323 g/mol. The first-order valence-electron chi connectivity index (χ1n) is 7.65. The normalized spacial score (nSPS) is 12.0. The second-order valence-corrected chi connectivity index (χ2v) is 5.67. The lowest BCUT2D eigenvalue weighted by Gasteiger charge is -2.21. The van der Waals surface area contributed by atoms with E-state index in [9.17, 15) is 9.18 Å². The Balaban J connectivity index is 1.98. The molecule has 4 nitrogen and oxygen atoms in total. The molecule has 3 rings (SSSR count). The zero-order chi connectivity index (χ0) is 17.1. The highest BCUT2D eigenvalue weighted by Gasteiger charge is 2.22. The zero-order valence-corrected chi connectivity index (χ0v) is 13.5. The minimum atomic E-state index is -0.438. The highest BCUT2D eigenvalue weighted by atomic mass is 19.1. The van der Waals surface area contributed by atoms with Crippen LogP contribution < -0.4 is 5.32 Å². The molecule has 1 heterocycles. The number of benzene rings is 2. The topological polar surface area (TPSA) is 46.9 Å². The molecule has 1 atom stereocenters. The van der Waals surface area contributed by atoms with Crippen LogP contribution in [0.1, 0.15) is 33.4 Å². The third-order valence-corrected chi connectivity index (χ3v) is 3.98. The number of rotatable bonds is 4. The quantitative estimate of drug-likeness (QED) is 0.800. The van der Waals surface area contributed by atoms with E-state index in [2.05, 4.69) is 10.3 Å². The molecule has 1 N–H and O–H groups in total. The van der Waals surface area contributed by atoms with Crippen molar-refractivity contribution in [2.45, 2.75) is 13.0 Å². The van der Waals surface area contributed by atoms with E-state index in [1.54, 1.807) is 12.3 Å². The summed E-state index contributed by atoms with van der Waals surface area (Å²) in [6.45, 7) is 1.99. The number of aryl methyl sites for hydroxylation is 2. The molecular formula is C19H18FN3O. The highest BCUT2D eigenvalue weighted by molar-refractivity contribution is 5.94. The summed E-state index contributed by atoms with van der Waals surface area (Å²) in [5.41, 5.74) is 2.28. The molecule has 2 aromatic carbocycles. The van der Waals surface area contributed by atoms with Crippen molar-refractivity contribution in [3.63, 3.8) is 0 Å². The first-order valence-corrected chi connectivity index (χ1v) is 7.65. The van der Waals surface area contributed by atoms with E-state index in [-0.39, 0.29) is 11.5 Å². The number of nitrogens with one attached hydrogen (secondary N) is 1. The maximum Gasteiger partial charge on any atom is 0.252 e. The second kappa shape index (κ2) is 6.66. The monoisotopic (exact) mass is 323 g/mol. The molecule has 0 radical (unpaired) electrons. The number of imidazole rings is 1. The summed E-state index contributed by atoms with van der Waals surface area (Å²) >= 11 is 0. The summed E-state index contributed by atoms with van der Waals surface area (Å²) < 4.78 is 15.3. The number of hydrogen-bond acceptors (Lipinski definition) is 2. The van der Waals surface area contributed by atoms with Crippen LogP contribution in [0.3, 0.4) is 0 Å². The maximum absolute atomic E-state index is 13.4. The first kappa shape index (κ1) is 15.9. The lowest BCUT2D eigenvalue weighted by molar-refractivity contribution is 0.0940. The van der Waals surface area contributed by atoms with Crippen LogP contribution in [0.25, 0.3) is 0 Å². The molecule has 0 aliphatic carbocycles. The van der Waals surface area contributed by atoms with E-state index in [0.29, 0.717) is 5.82 Å². The average Bonchev–Trinajstić information content (AvgIpc) is 2.99. The number of carbonyl (C=O) groups is 1. The zero-order valence-electron chi connectivity index (χ0n) is 13.5. The summed E-state index contributed by atoms with van der Waals surface area (Å²) in [5, 5.41) is 2.97. The fraction of sp³-hybridized carbons (Fsp3) is 0.158. The Kier molecular flexibility index (Phi) is 4.42. The Morgan fingerprint density at radius 1 is 1.21 bits per heavy atom. The Bertz CT molecular complexity index is 872. The van der Waals surface area contributed by atoms with Crippen LogP contribution in [0.5, 0.6) is 0 Å². The van der Waals surface area contributed by atoms with Gasteiger partial charge in [-0.25, -0.2) is 9.37 Å². The molecule has 0 saturated carbocycles. The SMILES string of the molecule is Cc1ccccc1C(NC(=O)c1cccc(F)c1)c1nccn1C. The predicted octanol–water partition coefficient (Wildman–Crippen LogP) is 3.39. The summed E-state index contributed by atoms with van der Waals surface area (Å²) in [5.74, 6) is -0.0631. The van der Waals surface area contributed by atoms with Gasteiger partial charge in [-0.15, -0.1) is 0 Å². The molecule has 0 fully saturated rings. The van der Waals surface area contributed by atoms with Gasteiger partial charge >= 0.3 is 0 Å². The number of nitrogens with zero attached hydrogens (tertiary/aromatic N) is 2. The largest absolute Gasteiger partial charge is 0.338 e. The third-order valence-electron chi connectivity index (χ3n) is 3.98. The van der Waals surface area contributed by atoms with Gasteiger partial charge in [-0.2, -0.15) is 0 Å². The van der Waals surface area contributed by atoms with E-state index in [0.717, 1.165) is 11.1 Å². The predicted molar refractivity (Wildman–Crippen MR) is 90.1 cm³/mol. The lowest BCUT2D eigenvalue weighted by atomic mass is 10.00. The van der Waals surface area contributed by atoms with Crippen molar-refractivity contribution in [3.8, 4) is 0 Å². The van der Waals surface area contributed by atoms with Gasteiger partial charge < -0.3 is 9.88 Å². The highest BCUT2D eigenvalue weighted by Crippen LogP contribution is 2.24. The van der Waals surface area contributed by atoms with E-state index >= 15 is 0 Å². The number of carbonyl (C=O) groups excluding carboxylic acids is 1. The number of amides is 1. The van der Waals surface area contributed by atoms with Crippen LogP contribution in [0.2, 0.25) is 0 Å². The number of aromatic nitrogens is 2. The Labute approximate surface area is 140 Å². The van der Waals surface area contributed by atoms with Crippen molar-refractivity contribution in [1.29, 1.82) is 0 Å². The molecule has 0 spiro atoms. The van der Waals surface area contributed by atoms with Crippen LogP contribution in [0, 0.1) is 12.7 Å². The Morgan fingerprint density at radius 2 is 2.00 bits per heavy atom. The van der Waals surface area contributed by atoms with Crippen LogP contribution >= 0.6 is 0 Å². The molecule has 1 unspecified atom stereocenters. The van der Waals surface area contributed by atoms with Gasteiger partial charge in [0.15, 0.2) is 0 Å². The van der Waals surface area contributed by atoms with Gasteiger partial charge in [-0.1, -0.05) is 30.3 Å². The summed E-state index contributed by atoms with van der Waals surface area (Å²) in [7, 11) is 1.88. The van der Waals surface area contributed by atoms with Crippen LogP contribution in [0.15, 0.2) is 60.9 Å². The van der Waals surface area contributed by atoms with Gasteiger partial charge in [0.05, 0.1) is 0 Å². The van der Waals surface area contributed by atoms with Crippen molar-refractivity contribution in [2.75, 3.05) is 0 Å². The molecular weight excluding hydrogens is 305 g/mol. The summed E-state index contributed by atoms with van der Waals surface area (Å²) in [6, 6.07) is 13.0. The Morgan fingerprint density at radius 3 is 2.67 bits per heavy atom. The molecule has 24 heavy (non-hydrogen) atoms. The molecule has 0 bridgehead atoms. The second-order valence-electron chi connectivity index (χ2n) is 5.67. The molecule has 3 aromatic rings. The Hall–Kier alpha value is -2.95. The first-order chi connectivity index (χ1) is 11.6. The van der Waals surface area contributed by atoms with Gasteiger partial charge in [-0.3, -0.25) is 4.79 Å². The molecule has 122 valence electrons. The summed E-state index contributed by atoms with van der Waals surface area (Å²) in [6.07, 6.45) is 3.52. The van der Waals surface area contributed by atoms with Crippen LogP contribution in [-0.2, 0) is 7.05 Å². The molecule has 5 heteroatoms. The standard InChI is InChI=1S/C19H18FN3O/c1-13-6-3-4-9-16(13)17(18-21-10-11-23(18)2)22-19(24)14-7-5-8-15(20)12-14/h3-12,17H,1-2H3,(H,22,24). The molecule has 0 aliphatic heterocycles. The van der Waals surface area contributed by atoms with Crippen molar-refractivity contribution >= 4 is 5.91 Å². The smallest absolute Gasteiger partial charge is 0.252 e. The van der Waals surface area contributed by atoms with E-state index in [1.807, 2.05) is 49.0 Å². The molecule has 1 amide bonds. The van der Waals surface area contributed by atoms with E-state index < -0.39 is 11.9 Å². The van der Waals surface area contributed by atoms with Gasteiger partial charge in [0.1, 0.15) is 17.7 Å². The van der Waals surface area contributed by atoms with E-state index in [1.165, 1.54) is 18.2 Å². The minimum Gasteiger partial charge on any atom is -0.338 e. The number of halogens is 1. The molecule has 0 aliphatic rings. The summed E-state index contributed by atoms with van der Waals surface area (Å²) in [4.78, 5) is 17.0. The van der Waals surface area contributed by atoms with Crippen molar-refractivity contribution < 1.29 is 9.18 Å². The van der Waals surface area contributed by atoms with Gasteiger partial charge in [0.2, 0.25) is 0 Å². The minimum absolute atomic E-state index is 0.280. The van der Waals surface area contributed by atoms with Gasteiger partial charge in [0.25, 0.3) is 5.91 Å². The van der Waals surface area contributed by atoms with Crippen molar-refractivity contribution in [3.05, 3.63) is 89.3 Å². The van der Waals surface area contributed by atoms with Crippen molar-refractivity contribution in [1.82, 2.24) is 14.9 Å². The lowest BCUT2D eigenvalue weighted by Crippen LogP contribution is -2.31. The van der Waals surface area contributed by atoms with Gasteiger partial charge in [0, 0.05) is 25.0 Å².